The van der Waals surface area contributed by atoms with Crippen LogP contribution in [0.5, 0.6) is 0 Å². The molecule has 1 fully saturated rings. The maximum absolute atomic E-state index is 13.8. The molecule has 2 aromatic rings. The fourth-order valence-corrected chi connectivity index (χ4v) is 2.59. The van der Waals surface area contributed by atoms with Crippen molar-refractivity contribution >= 4 is 21.7 Å². The molecule has 1 saturated heterocycles. The summed E-state index contributed by atoms with van der Waals surface area (Å²) >= 11 is 3.35. The van der Waals surface area contributed by atoms with Gasteiger partial charge in [-0.15, -0.1) is 0 Å². The Kier molecular flexibility index (Phi) is 3.52. The molecule has 0 spiro atoms. The molecule has 0 saturated carbocycles. The largest absolute Gasteiger partial charge is 0.365 e. The topological polar surface area (TPSA) is 52.7 Å². The maximum Gasteiger partial charge on any atom is 0.148 e. The predicted octanol–water partition coefficient (Wildman–Crippen LogP) is 2.75. The van der Waals surface area contributed by atoms with E-state index in [2.05, 4.69) is 36.8 Å². The highest BCUT2D eigenvalue weighted by molar-refractivity contribution is 9.10. The molecular formula is C13H14BrFN4. The van der Waals surface area contributed by atoms with Crippen molar-refractivity contribution in [2.24, 2.45) is 0 Å². The first kappa shape index (κ1) is 12.6. The number of hydrogen-bond acceptors (Lipinski definition) is 3. The number of rotatable bonds is 3. The first-order valence-corrected chi connectivity index (χ1v) is 7.00. The highest BCUT2D eigenvalue weighted by Gasteiger charge is 2.16. The van der Waals surface area contributed by atoms with Crippen molar-refractivity contribution in [3.05, 3.63) is 34.6 Å². The number of nitrogens with zero attached hydrogens (tertiary/aromatic N) is 1. The van der Waals surface area contributed by atoms with Crippen molar-refractivity contribution < 1.29 is 4.39 Å². The Labute approximate surface area is 118 Å². The minimum absolute atomic E-state index is 0.263. The fourth-order valence-electron chi connectivity index (χ4n) is 2.22. The van der Waals surface area contributed by atoms with E-state index in [0.29, 0.717) is 17.3 Å². The number of halogens is 2. The van der Waals surface area contributed by atoms with Crippen molar-refractivity contribution in [2.75, 3.05) is 18.4 Å². The lowest BCUT2D eigenvalue weighted by Gasteiger charge is -2.08. The molecular weight excluding hydrogens is 311 g/mol. The first-order valence-electron chi connectivity index (χ1n) is 6.20. The Morgan fingerprint density at radius 1 is 1.37 bits per heavy atom. The van der Waals surface area contributed by atoms with Crippen molar-refractivity contribution in [1.82, 2.24) is 15.5 Å². The van der Waals surface area contributed by atoms with Crippen molar-refractivity contribution in [3.63, 3.8) is 0 Å². The molecule has 1 aromatic heterocycles. The monoisotopic (exact) mass is 324 g/mol. The quantitative estimate of drug-likeness (QED) is 0.813. The number of nitrogens with one attached hydrogen (secondary N) is 3. The molecule has 1 aliphatic rings. The standard InChI is InChI=1S/C13H14BrFN4/c14-8-1-2-11(15)10(5-8)12-6-13(19-18-12)17-9-3-4-16-7-9/h1-2,5-6,9,16H,3-4,7H2,(H2,17,18,19). The third-order valence-corrected chi connectivity index (χ3v) is 3.70. The molecule has 6 heteroatoms. The van der Waals surface area contributed by atoms with Crippen LogP contribution in [-0.2, 0) is 0 Å². The molecule has 19 heavy (non-hydrogen) atoms. The van der Waals surface area contributed by atoms with Gasteiger partial charge in [0.25, 0.3) is 0 Å². The van der Waals surface area contributed by atoms with Gasteiger partial charge in [-0.3, -0.25) is 5.10 Å². The molecule has 2 heterocycles. The third kappa shape index (κ3) is 2.79. The molecule has 3 N–H and O–H groups in total. The summed E-state index contributed by atoms with van der Waals surface area (Å²) in [5.74, 6) is 0.490. The normalized spacial score (nSPS) is 18.7. The molecule has 0 aliphatic carbocycles. The minimum atomic E-state index is -0.263. The van der Waals surface area contributed by atoms with Crippen LogP contribution in [0, 0.1) is 5.82 Å². The van der Waals surface area contributed by atoms with Crippen LogP contribution in [0.3, 0.4) is 0 Å². The van der Waals surface area contributed by atoms with Crippen LogP contribution in [0.15, 0.2) is 28.7 Å². The number of H-pyrrole nitrogens is 1. The number of benzene rings is 1. The molecule has 3 rings (SSSR count). The number of aromatic nitrogens is 2. The summed E-state index contributed by atoms with van der Waals surface area (Å²) < 4.78 is 14.6. The molecule has 0 bridgehead atoms. The van der Waals surface area contributed by atoms with Crippen molar-refractivity contribution in [3.8, 4) is 11.3 Å². The van der Waals surface area contributed by atoms with E-state index < -0.39 is 0 Å². The Morgan fingerprint density at radius 2 is 2.26 bits per heavy atom. The zero-order valence-corrected chi connectivity index (χ0v) is 11.8. The second-order valence-corrected chi connectivity index (χ2v) is 5.54. The van der Waals surface area contributed by atoms with Gasteiger partial charge < -0.3 is 10.6 Å². The van der Waals surface area contributed by atoms with E-state index in [-0.39, 0.29) is 5.82 Å². The summed E-state index contributed by atoms with van der Waals surface area (Å²) in [7, 11) is 0. The molecule has 4 nitrogen and oxygen atoms in total. The SMILES string of the molecule is Fc1ccc(Br)cc1-c1cc(NC2CCNC2)n[nH]1. The van der Waals surface area contributed by atoms with Gasteiger partial charge in [0.05, 0.1) is 5.69 Å². The van der Waals surface area contributed by atoms with Gasteiger partial charge >= 0.3 is 0 Å². The lowest BCUT2D eigenvalue weighted by Crippen LogP contribution is -2.22. The summed E-state index contributed by atoms with van der Waals surface area (Å²) in [4.78, 5) is 0. The van der Waals surface area contributed by atoms with Gasteiger partial charge in [0.1, 0.15) is 11.6 Å². The van der Waals surface area contributed by atoms with Crippen molar-refractivity contribution in [2.45, 2.75) is 12.5 Å². The lowest BCUT2D eigenvalue weighted by atomic mass is 10.1. The highest BCUT2D eigenvalue weighted by Crippen LogP contribution is 2.26. The van der Waals surface area contributed by atoms with Crippen LogP contribution in [0.25, 0.3) is 11.3 Å². The summed E-state index contributed by atoms with van der Waals surface area (Å²) in [6.45, 7) is 1.96. The second-order valence-electron chi connectivity index (χ2n) is 4.63. The van der Waals surface area contributed by atoms with Crippen LogP contribution in [0.4, 0.5) is 10.2 Å². The number of hydrogen-bond donors (Lipinski definition) is 3. The van der Waals surface area contributed by atoms with E-state index in [1.54, 1.807) is 12.1 Å². The Morgan fingerprint density at radius 3 is 3.05 bits per heavy atom. The van der Waals surface area contributed by atoms with Gasteiger partial charge in [0.15, 0.2) is 0 Å². The summed E-state index contributed by atoms with van der Waals surface area (Å²) in [6.07, 6.45) is 1.08. The lowest BCUT2D eigenvalue weighted by molar-refractivity contribution is 0.630. The van der Waals surface area contributed by atoms with E-state index in [1.807, 2.05) is 6.07 Å². The van der Waals surface area contributed by atoms with Gasteiger partial charge in [-0.2, -0.15) is 5.10 Å². The highest BCUT2D eigenvalue weighted by atomic mass is 79.9. The van der Waals surface area contributed by atoms with Crippen LogP contribution in [-0.4, -0.2) is 29.3 Å². The predicted molar refractivity (Wildman–Crippen MR) is 76.6 cm³/mol. The van der Waals surface area contributed by atoms with E-state index in [0.717, 1.165) is 29.8 Å². The zero-order chi connectivity index (χ0) is 13.2. The van der Waals surface area contributed by atoms with Gasteiger partial charge in [-0.1, -0.05) is 15.9 Å². The number of aromatic amines is 1. The molecule has 1 aliphatic heterocycles. The van der Waals surface area contributed by atoms with Gasteiger partial charge in [-0.25, -0.2) is 4.39 Å². The van der Waals surface area contributed by atoms with Gasteiger partial charge in [0, 0.05) is 28.7 Å². The molecule has 1 unspecified atom stereocenters. The van der Waals surface area contributed by atoms with Crippen LogP contribution in [0.2, 0.25) is 0 Å². The zero-order valence-electron chi connectivity index (χ0n) is 10.2. The summed E-state index contributed by atoms with van der Waals surface area (Å²) in [6, 6.07) is 7.09. The summed E-state index contributed by atoms with van der Waals surface area (Å²) in [5, 5.41) is 13.7. The van der Waals surface area contributed by atoms with Crippen LogP contribution < -0.4 is 10.6 Å². The minimum Gasteiger partial charge on any atom is -0.365 e. The van der Waals surface area contributed by atoms with Crippen LogP contribution in [0.1, 0.15) is 6.42 Å². The summed E-state index contributed by atoms with van der Waals surface area (Å²) in [5.41, 5.74) is 1.19. The molecule has 0 amide bonds. The molecule has 100 valence electrons. The smallest absolute Gasteiger partial charge is 0.148 e. The fraction of sp³-hybridized carbons (Fsp3) is 0.308. The molecule has 1 aromatic carbocycles. The first-order chi connectivity index (χ1) is 9.22. The van der Waals surface area contributed by atoms with E-state index in [4.69, 9.17) is 0 Å². The Bertz CT molecular complexity index is 578. The van der Waals surface area contributed by atoms with Gasteiger partial charge in [0.2, 0.25) is 0 Å². The maximum atomic E-state index is 13.8. The number of anilines is 1. The second kappa shape index (κ2) is 5.30. The van der Waals surface area contributed by atoms with E-state index in [1.165, 1.54) is 6.07 Å². The Balaban J connectivity index is 1.82. The van der Waals surface area contributed by atoms with Crippen molar-refractivity contribution in [1.29, 1.82) is 0 Å². The van der Waals surface area contributed by atoms with Gasteiger partial charge in [-0.05, 0) is 31.2 Å². The third-order valence-electron chi connectivity index (χ3n) is 3.21. The van der Waals surface area contributed by atoms with E-state index >= 15 is 0 Å². The molecule has 0 radical (unpaired) electrons. The van der Waals surface area contributed by atoms with Crippen LogP contribution >= 0.6 is 15.9 Å². The average Bonchev–Trinajstić information content (AvgIpc) is 3.04. The average molecular weight is 325 g/mol. The Hall–Kier alpha value is -1.40. The molecule has 1 atom stereocenters. The van der Waals surface area contributed by atoms with E-state index in [9.17, 15) is 4.39 Å².